The van der Waals surface area contributed by atoms with Gasteiger partial charge in [-0.15, -0.1) is 0 Å². The molecule has 0 aliphatic rings. The quantitative estimate of drug-likeness (QED) is 0.242. The fourth-order valence-corrected chi connectivity index (χ4v) is 4.56. The minimum absolute atomic E-state index is 0.200. The number of hydrogen-bond donors (Lipinski definition) is 2. The van der Waals surface area contributed by atoms with Crippen LogP contribution in [0.4, 0.5) is 0 Å². The Balaban J connectivity index is 1.69. The van der Waals surface area contributed by atoms with Crippen molar-refractivity contribution >= 4 is 28.8 Å². The summed E-state index contributed by atoms with van der Waals surface area (Å²) in [6.45, 7) is 4.30. The lowest BCUT2D eigenvalue weighted by Crippen LogP contribution is -2.15. The van der Waals surface area contributed by atoms with E-state index in [2.05, 4.69) is 11.5 Å². The number of aliphatic carboxylic acids is 1. The maximum atomic E-state index is 12.9. The van der Waals surface area contributed by atoms with Crippen molar-refractivity contribution in [1.82, 2.24) is 9.55 Å². The van der Waals surface area contributed by atoms with Crippen molar-refractivity contribution in [1.29, 1.82) is 0 Å². The van der Waals surface area contributed by atoms with E-state index in [1.807, 2.05) is 42.5 Å². The van der Waals surface area contributed by atoms with E-state index in [1.54, 1.807) is 31.2 Å². The van der Waals surface area contributed by atoms with E-state index in [0.29, 0.717) is 17.7 Å². The number of carboxylic acids is 2. The molecule has 0 saturated carbocycles. The number of imidazole rings is 1. The fraction of sp³-hybridized carbons (Fsp3) is 0.267. The first-order valence-electron chi connectivity index (χ1n) is 12.4. The van der Waals surface area contributed by atoms with Crippen LogP contribution < -0.4 is 0 Å². The second kappa shape index (κ2) is 11.2. The molecule has 1 heterocycles. The van der Waals surface area contributed by atoms with Crippen LogP contribution >= 0.6 is 0 Å². The molecule has 0 amide bonds. The topological polar surface area (TPSA) is 109 Å². The molecule has 0 saturated heterocycles. The van der Waals surface area contributed by atoms with Gasteiger partial charge in [-0.3, -0.25) is 9.59 Å². The Morgan fingerprint density at radius 2 is 1.70 bits per heavy atom. The molecule has 3 aromatic carbocycles. The van der Waals surface area contributed by atoms with Crippen molar-refractivity contribution in [3.63, 3.8) is 0 Å². The molecule has 0 fully saturated rings. The molecule has 190 valence electrons. The standard InChI is InChI=1S/C30H30N2O5/c1-3-4-9-27-31-25-15-14-22(29(35)19(2)16-28(33)34)17-26(25)32(27)18-20-10-12-21(13-11-20)23-7-5-6-8-24(23)30(36)37/h5-8,10-15,17,19H,3-4,9,16,18H2,1-2H3,(H,33,34)(H,36,37). The highest BCUT2D eigenvalue weighted by Crippen LogP contribution is 2.26. The van der Waals surface area contributed by atoms with Gasteiger partial charge in [-0.25, -0.2) is 9.78 Å². The van der Waals surface area contributed by atoms with Crippen LogP contribution in [0.1, 0.15) is 65.2 Å². The first-order chi connectivity index (χ1) is 17.8. The third-order valence-electron chi connectivity index (χ3n) is 6.56. The zero-order valence-electron chi connectivity index (χ0n) is 21.0. The van der Waals surface area contributed by atoms with E-state index in [9.17, 15) is 19.5 Å². The lowest BCUT2D eigenvalue weighted by atomic mass is 9.96. The van der Waals surface area contributed by atoms with Gasteiger partial charge in [0.2, 0.25) is 0 Å². The largest absolute Gasteiger partial charge is 0.481 e. The number of carboxylic acid groups (broad SMARTS) is 2. The van der Waals surface area contributed by atoms with Crippen LogP contribution in [0.3, 0.4) is 0 Å². The molecule has 7 heteroatoms. The van der Waals surface area contributed by atoms with E-state index in [-0.39, 0.29) is 17.8 Å². The van der Waals surface area contributed by atoms with Gasteiger partial charge in [0.25, 0.3) is 0 Å². The van der Waals surface area contributed by atoms with Crippen LogP contribution in [-0.2, 0) is 17.8 Å². The highest BCUT2D eigenvalue weighted by molar-refractivity contribution is 6.01. The number of aromatic carboxylic acids is 1. The Bertz CT molecular complexity index is 1450. The summed E-state index contributed by atoms with van der Waals surface area (Å²) < 4.78 is 2.11. The second-order valence-corrected chi connectivity index (χ2v) is 9.33. The molecule has 4 aromatic rings. The molecule has 0 bridgehead atoms. The summed E-state index contributed by atoms with van der Waals surface area (Å²) in [4.78, 5) is 40.4. The highest BCUT2D eigenvalue weighted by Gasteiger charge is 2.20. The minimum Gasteiger partial charge on any atom is -0.481 e. The summed E-state index contributed by atoms with van der Waals surface area (Å²) in [5, 5.41) is 18.6. The monoisotopic (exact) mass is 498 g/mol. The molecule has 1 aromatic heterocycles. The van der Waals surface area contributed by atoms with Crippen LogP contribution in [0.5, 0.6) is 0 Å². The summed E-state index contributed by atoms with van der Waals surface area (Å²) >= 11 is 0. The van der Waals surface area contributed by atoms with Crippen LogP contribution in [0.2, 0.25) is 0 Å². The number of carbonyl (C=O) groups is 3. The third-order valence-corrected chi connectivity index (χ3v) is 6.56. The maximum Gasteiger partial charge on any atom is 0.336 e. The summed E-state index contributed by atoms with van der Waals surface area (Å²) in [5.74, 6) is -1.85. The van der Waals surface area contributed by atoms with Crippen molar-refractivity contribution in [2.24, 2.45) is 5.92 Å². The molecule has 0 aliphatic heterocycles. The second-order valence-electron chi connectivity index (χ2n) is 9.33. The van der Waals surface area contributed by atoms with Gasteiger partial charge in [0.05, 0.1) is 23.0 Å². The van der Waals surface area contributed by atoms with Crippen molar-refractivity contribution in [2.75, 3.05) is 0 Å². The molecule has 0 spiro atoms. The zero-order valence-corrected chi connectivity index (χ0v) is 21.0. The number of hydrogen-bond acceptors (Lipinski definition) is 4. The molecule has 4 rings (SSSR count). The molecule has 0 radical (unpaired) electrons. The Morgan fingerprint density at radius 3 is 2.38 bits per heavy atom. The van der Waals surface area contributed by atoms with Crippen molar-refractivity contribution < 1.29 is 24.6 Å². The SMILES string of the molecule is CCCCc1nc2ccc(C(=O)C(C)CC(=O)O)cc2n1Cc1ccc(-c2ccccc2C(=O)O)cc1. The number of Topliss-reactive ketones (excluding diaryl/α,β-unsaturated/α-hetero) is 1. The van der Waals surface area contributed by atoms with Gasteiger partial charge in [-0.2, -0.15) is 0 Å². The average Bonchev–Trinajstić information content (AvgIpc) is 3.23. The maximum absolute atomic E-state index is 12.9. The van der Waals surface area contributed by atoms with E-state index < -0.39 is 17.9 Å². The molecule has 2 N–H and O–H groups in total. The number of unbranched alkanes of at least 4 members (excludes halogenated alkanes) is 1. The van der Waals surface area contributed by atoms with Gasteiger partial charge in [-0.1, -0.05) is 62.7 Å². The fourth-order valence-electron chi connectivity index (χ4n) is 4.56. The van der Waals surface area contributed by atoms with Crippen molar-refractivity contribution in [3.8, 4) is 11.1 Å². The Morgan fingerprint density at radius 1 is 0.973 bits per heavy atom. The number of nitrogens with zero attached hydrogens (tertiary/aromatic N) is 2. The molecule has 37 heavy (non-hydrogen) atoms. The summed E-state index contributed by atoms with van der Waals surface area (Å²) in [7, 11) is 0. The number of aromatic nitrogens is 2. The number of rotatable bonds is 11. The number of benzene rings is 3. The summed E-state index contributed by atoms with van der Waals surface area (Å²) in [6, 6.07) is 20.1. The number of fused-ring (bicyclic) bond motifs is 1. The van der Waals surface area contributed by atoms with Gasteiger partial charge in [0.1, 0.15) is 5.82 Å². The molecular weight excluding hydrogens is 468 g/mol. The summed E-state index contributed by atoms with van der Waals surface area (Å²) in [6.07, 6.45) is 2.59. The molecule has 0 aliphatic carbocycles. The van der Waals surface area contributed by atoms with Gasteiger partial charge in [-0.05, 0) is 47.4 Å². The van der Waals surface area contributed by atoms with Gasteiger partial charge in [0, 0.05) is 24.4 Å². The molecule has 1 unspecified atom stereocenters. The van der Waals surface area contributed by atoms with E-state index in [0.717, 1.165) is 47.2 Å². The lowest BCUT2D eigenvalue weighted by Gasteiger charge is -2.12. The lowest BCUT2D eigenvalue weighted by molar-refractivity contribution is -0.137. The van der Waals surface area contributed by atoms with Crippen molar-refractivity contribution in [3.05, 3.63) is 89.2 Å². The van der Waals surface area contributed by atoms with Crippen LogP contribution in [0, 0.1) is 5.92 Å². The van der Waals surface area contributed by atoms with Crippen LogP contribution in [0.15, 0.2) is 66.7 Å². The van der Waals surface area contributed by atoms with Gasteiger partial charge in [0.15, 0.2) is 5.78 Å². The van der Waals surface area contributed by atoms with E-state index >= 15 is 0 Å². The average molecular weight is 499 g/mol. The van der Waals surface area contributed by atoms with Crippen LogP contribution in [0.25, 0.3) is 22.2 Å². The molecular formula is C30H30N2O5. The number of ketones is 1. The van der Waals surface area contributed by atoms with E-state index in [4.69, 9.17) is 10.1 Å². The normalized spacial score (nSPS) is 11.9. The number of aryl methyl sites for hydroxylation is 1. The number of carbonyl (C=O) groups excluding carboxylic acids is 1. The predicted octanol–water partition coefficient (Wildman–Crippen LogP) is 6.09. The molecule has 1 atom stereocenters. The van der Waals surface area contributed by atoms with Crippen LogP contribution in [-0.4, -0.2) is 37.5 Å². The molecule has 7 nitrogen and oxygen atoms in total. The van der Waals surface area contributed by atoms with Gasteiger partial charge >= 0.3 is 11.9 Å². The summed E-state index contributed by atoms with van der Waals surface area (Å²) in [5.41, 5.74) is 4.86. The minimum atomic E-state index is -0.997. The Labute approximate surface area is 215 Å². The smallest absolute Gasteiger partial charge is 0.336 e. The van der Waals surface area contributed by atoms with E-state index in [1.165, 1.54) is 0 Å². The Hall–Kier alpha value is -4.26. The third kappa shape index (κ3) is 5.77. The van der Waals surface area contributed by atoms with Crippen molar-refractivity contribution in [2.45, 2.75) is 46.1 Å². The highest BCUT2D eigenvalue weighted by atomic mass is 16.4. The first kappa shape index (κ1) is 25.8. The first-order valence-corrected chi connectivity index (χ1v) is 12.4. The Kier molecular flexibility index (Phi) is 7.82. The van der Waals surface area contributed by atoms with Gasteiger partial charge < -0.3 is 14.8 Å². The zero-order chi connectivity index (χ0) is 26.5. The predicted molar refractivity (Wildman–Crippen MR) is 142 cm³/mol.